The van der Waals surface area contributed by atoms with Gasteiger partial charge in [-0.15, -0.1) is 0 Å². The molecule has 0 spiro atoms. The Balaban J connectivity index is 1.64. The van der Waals surface area contributed by atoms with Gasteiger partial charge in [-0.2, -0.15) is 0 Å². The highest BCUT2D eigenvalue weighted by Crippen LogP contribution is 2.74. The fourth-order valence-corrected chi connectivity index (χ4v) is 13.6. The first kappa shape index (κ1) is 28.5. The number of benzene rings is 4. The van der Waals surface area contributed by atoms with Gasteiger partial charge in [0.15, 0.2) is 23.0 Å². The zero-order chi connectivity index (χ0) is 28.4. The maximum Gasteiger partial charge on any atom is 0.566 e. The number of nitrogens with two attached hydrogens (primary N) is 1. The van der Waals surface area contributed by atoms with E-state index in [-0.39, 0.29) is 0 Å². The van der Waals surface area contributed by atoms with Gasteiger partial charge in [-0.3, -0.25) is 28.8 Å². The molecule has 12 heteroatoms. The lowest BCUT2D eigenvalue weighted by Crippen LogP contribution is -2.49. The summed E-state index contributed by atoms with van der Waals surface area (Å²) >= 11 is 0. The predicted molar refractivity (Wildman–Crippen MR) is 164 cm³/mol. The van der Waals surface area contributed by atoms with Crippen molar-refractivity contribution in [1.29, 1.82) is 5.16 Å². The summed E-state index contributed by atoms with van der Waals surface area (Å²) in [6.45, 7) is 7.91. The first-order valence-electron chi connectivity index (χ1n) is 12.7. The van der Waals surface area contributed by atoms with Crippen molar-refractivity contribution in [2.45, 2.75) is 27.7 Å². The van der Waals surface area contributed by atoms with Gasteiger partial charge in [0.2, 0.25) is 7.51 Å². The Kier molecular flexibility index (Phi) is 8.19. The molecule has 9 nitrogen and oxygen atoms in total. The summed E-state index contributed by atoms with van der Waals surface area (Å²) in [5.74, 6) is 2.19. The van der Waals surface area contributed by atoms with Crippen molar-refractivity contribution in [1.82, 2.24) is 14.6 Å². The summed E-state index contributed by atoms with van der Waals surface area (Å²) in [6, 6.07) is 30.5. The van der Waals surface area contributed by atoms with Crippen LogP contribution in [0.4, 0.5) is 0 Å². The van der Waals surface area contributed by atoms with Gasteiger partial charge >= 0.3 is 16.0 Å². The molecule has 4 aromatic carbocycles. The van der Waals surface area contributed by atoms with E-state index in [4.69, 9.17) is 28.8 Å². The van der Waals surface area contributed by atoms with Crippen molar-refractivity contribution in [3.63, 3.8) is 0 Å². The maximum atomic E-state index is 9.13. The smallest absolute Gasteiger partial charge is 0.272 e. The van der Waals surface area contributed by atoms with E-state index in [1.165, 1.54) is 0 Å². The van der Waals surface area contributed by atoms with E-state index in [0.29, 0.717) is 23.0 Å². The van der Waals surface area contributed by atoms with Gasteiger partial charge in [0.05, 0.1) is 0 Å². The fourth-order valence-electron chi connectivity index (χ4n) is 4.14. The molecule has 0 amide bonds. The Labute approximate surface area is 236 Å². The van der Waals surface area contributed by atoms with Crippen molar-refractivity contribution in [2.24, 2.45) is 5.50 Å². The average molecular weight is 598 g/mol. The van der Waals surface area contributed by atoms with Crippen LogP contribution in [0.15, 0.2) is 97.1 Å². The molecule has 0 radical (unpaired) electrons. The molecule has 1 saturated heterocycles. The van der Waals surface area contributed by atoms with E-state index in [2.05, 4.69) is 14.6 Å². The monoisotopic (exact) mass is 597 g/mol. The van der Waals surface area contributed by atoms with Crippen LogP contribution >= 0.6 is 23.5 Å². The molecule has 1 heterocycles. The number of aryl methyl sites for hydroxylation is 4. The number of nitrogens with one attached hydrogen (secondary N) is 4. The third kappa shape index (κ3) is 7.20. The van der Waals surface area contributed by atoms with E-state index in [0.717, 1.165) is 22.3 Å². The van der Waals surface area contributed by atoms with Crippen LogP contribution in [0, 0.1) is 32.9 Å². The third-order valence-corrected chi connectivity index (χ3v) is 14.3. The molecule has 1 fully saturated rings. The van der Waals surface area contributed by atoms with E-state index in [9.17, 15) is 0 Å². The van der Waals surface area contributed by atoms with Crippen molar-refractivity contribution in [3.05, 3.63) is 119 Å². The lowest BCUT2D eigenvalue weighted by Gasteiger charge is -2.35. The summed E-state index contributed by atoms with van der Waals surface area (Å²) in [6.07, 6.45) is 0. The molecule has 0 unspecified atom stereocenters. The predicted octanol–water partition coefficient (Wildman–Crippen LogP) is 8.16. The van der Waals surface area contributed by atoms with E-state index in [1.54, 1.807) is 0 Å². The zero-order valence-electron chi connectivity index (χ0n) is 22.8. The number of hydrogen-bond acceptors (Lipinski definition) is 6. The molecule has 1 aliphatic heterocycles. The largest absolute Gasteiger partial charge is 0.566 e. The second-order valence-corrected chi connectivity index (χ2v) is 16.5. The Morgan fingerprint density at radius 3 is 1.07 bits per heavy atom. The van der Waals surface area contributed by atoms with Gasteiger partial charge in [-0.25, -0.2) is 0 Å². The summed E-state index contributed by atoms with van der Waals surface area (Å²) in [7, 11) is -10.3. The van der Waals surface area contributed by atoms with Crippen molar-refractivity contribution >= 4 is 23.5 Å². The summed E-state index contributed by atoms with van der Waals surface area (Å²) in [5, 5.41) is 9.13. The number of rotatable bonds is 8. The average Bonchev–Trinajstić information content (AvgIpc) is 2.82. The Morgan fingerprint density at radius 2 is 0.825 bits per heavy atom. The van der Waals surface area contributed by atoms with Crippen LogP contribution in [-0.2, 0) is 0 Å². The Morgan fingerprint density at radius 1 is 0.550 bits per heavy atom. The molecule has 5 rings (SSSR count). The highest BCUT2D eigenvalue weighted by Gasteiger charge is 2.73. The number of hydrogen-bond donors (Lipinski definition) is 5. The Bertz CT molecular complexity index is 1360. The lowest BCUT2D eigenvalue weighted by molar-refractivity contribution is 0.415. The van der Waals surface area contributed by atoms with Crippen LogP contribution in [0.5, 0.6) is 23.0 Å². The standard InChI is InChI=1S/C28H34N5O4P3/c1-21-9-5-13-25(17-21)34-39(35-26-14-6-10-22(2)18-26)31-38(29,30)32-40(33-39,36-27-15-7-11-23(3)19-27)37-28-16-8-12-24(4)20-28/h5-20,33H,1-4H3,(H5,29,30,31,32)/q+2. The first-order chi connectivity index (χ1) is 19.0. The minimum atomic E-state index is -3.44. The molecule has 40 heavy (non-hydrogen) atoms. The molecule has 6 N–H and O–H groups in total. The minimum absolute atomic E-state index is 0.548. The van der Waals surface area contributed by atoms with Gasteiger partial charge in [0.1, 0.15) is 4.86 Å². The molecular formula is C28H34N5O4P3+2. The van der Waals surface area contributed by atoms with Gasteiger partial charge in [-0.1, -0.05) is 48.5 Å². The second kappa shape index (κ2) is 11.5. The lowest BCUT2D eigenvalue weighted by atomic mass is 10.2. The van der Waals surface area contributed by atoms with Gasteiger partial charge in [-0.05, 0) is 108 Å². The molecule has 0 saturated carbocycles. The van der Waals surface area contributed by atoms with E-state index >= 15 is 0 Å². The minimum Gasteiger partial charge on any atom is -0.272 e. The van der Waals surface area contributed by atoms with Crippen LogP contribution in [0.25, 0.3) is 0 Å². The van der Waals surface area contributed by atoms with Crippen LogP contribution in [0.3, 0.4) is 0 Å². The second-order valence-electron chi connectivity index (χ2n) is 9.76. The molecule has 0 atom stereocenters. The topological polar surface area (TPSA) is 123 Å². The summed E-state index contributed by atoms with van der Waals surface area (Å²) in [5.41, 5.74) is 10.6. The molecule has 4 aromatic rings. The molecule has 208 valence electrons. The van der Waals surface area contributed by atoms with Crippen molar-refractivity contribution < 1.29 is 18.1 Å². The summed E-state index contributed by atoms with van der Waals surface area (Å²) in [4.78, 5) is 9.76. The maximum absolute atomic E-state index is 9.13. The van der Waals surface area contributed by atoms with Crippen LogP contribution in [0.2, 0.25) is 0 Å². The van der Waals surface area contributed by atoms with E-state index in [1.807, 2.05) is 125 Å². The van der Waals surface area contributed by atoms with Crippen LogP contribution in [0.1, 0.15) is 22.3 Å². The SMILES string of the molecule is Cc1cccc(O[P+]2(Oc3cccc(C)c3)NP(=N)(N)N[P+](Oc3cccc(C)c3)(Oc3cccc(C)c3)N2)c1. The van der Waals surface area contributed by atoms with E-state index < -0.39 is 23.5 Å². The molecule has 0 aliphatic carbocycles. The van der Waals surface area contributed by atoms with Crippen LogP contribution < -0.4 is 38.2 Å². The van der Waals surface area contributed by atoms with Crippen LogP contribution in [-0.4, -0.2) is 0 Å². The highest BCUT2D eigenvalue weighted by molar-refractivity contribution is 7.92. The fraction of sp³-hybridized carbons (Fsp3) is 0.143. The first-order valence-corrected chi connectivity index (χ1v) is 17.8. The zero-order valence-corrected chi connectivity index (χ0v) is 25.5. The molecular weight excluding hydrogens is 563 g/mol. The molecule has 0 aromatic heterocycles. The van der Waals surface area contributed by atoms with Crippen molar-refractivity contribution in [2.75, 3.05) is 0 Å². The van der Waals surface area contributed by atoms with Gasteiger partial charge in [0.25, 0.3) is 0 Å². The van der Waals surface area contributed by atoms with Gasteiger partial charge in [0, 0.05) is 0 Å². The third-order valence-electron chi connectivity index (χ3n) is 5.74. The molecule has 1 aliphatic rings. The Hall–Kier alpha value is -2.99. The quantitative estimate of drug-likeness (QED) is 0.129. The molecule has 0 bridgehead atoms. The van der Waals surface area contributed by atoms with Gasteiger partial charge < -0.3 is 0 Å². The highest BCUT2D eigenvalue weighted by atomic mass is 31.3. The summed E-state index contributed by atoms with van der Waals surface area (Å²) < 4.78 is 26.4. The normalized spacial score (nSPS) is 17.0. The van der Waals surface area contributed by atoms with Crippen molar-refractivity contribution in [3.8, 4) is 23.0 Å².